The fraction of sp³-hybridized carbons (Fsp3) is 0.390. The topological polar surface area (TPSA) is 0 Å². The summed E-state index contributed by atoms with van der Waals surface area (Å²) in [5.74, 6) is 0. The second-order valence-electron chi connectivity index (χ2n) is 21.8. The highest BCUT2D eigenvalue weighted by Gasteiger charge is 2.50. The smallest absolute Gasteiger partial charge is 0.0185 e. The van der Waals surface area contributed by atoms with E-state index in [0.29, 0.717) is 0 Å². The average Bonchev–Trinajstić information content (AvgIpc) is 3.21. The molecular formula is C59H74P2. The molecule has 0 aromatic heterocycles. The van der Waals surface area contributed by atoms with Crippen molar-refractivity contribution in [2.24, 2.45) is 5.41 Å². The third-order valence-electron chi connectivity index (χ3n) is 12.8. The van der Waals surface area contributed by atoms with Crippen molar-refractivity contribution in [2.75, 3.05) is 0 Å². The summed E-state index contributed by atoms with van der Waals surface area (Å²) in [6, 6.07) is 62.6. The van der Waals surface area contributed by atoms with Crippen molar-refractivity contribution < 1.29 is 0 Å². The van der Waals surface area contributed by atoms with Gasteiger partial charge in [0.1, 0.15) is 0 Å². The molecule has 2 atom stereocenters. The van der Waals surface area contributed by atoms with Gasteiger partial charge in [0.15, 0.2) is 0 Å². The van der Waals surface area contributed by atoms with Gasteiger partial charge >= 0.3 is 0 Å². The number of hydrogen-bond donors (Lipinski definition) is 0. The molecular weight excluding hydrogens is 771 g/mol. The first-order valence-corrected chi connectivity index (χ1v) is 25.6. The summed E-state index contributed by atoms with van der Waals surface area (Å²) in [7, 11) is -1.81. The minimum absolute atomic E-state index is 0.0739. The minimum atomic E-state index is -0.903. The van der Waals surface area contributed by atoms with Gasteiger partial charge in [-0.2, -0.15) is 0 Å². The SMILES string of the molecule is CCCC(C)(C(c1ccccc1)P(c1ccc(C(C)(C)C)cc1)c1ccc(C(C)(C)C)cc1)C(c1ccccc1)P(c1ccc(C(C)(C)C)cc1)c1ccc(C(C)(C)C)cc1. The van der Waals surface area contributed by atoms with Gasteiger partial charge in [-0.05, 0) is 104 Å². The van der Waals surface area contributed by atoms with E-state index in [1.807, 2.05) is 0 Å². The first-order chi connectivity index (χ1) is 28.6. The molecule has 0 nitrogen and oxygen atoms in total. The Bertz CT molecular complexity index is 2000. The Balaban J connectivity index is 1.71. The highest BCUT2D eigenvalue weighted by Crippen LogP contribution is 2.70. The van der Waals surface area contributed by atoms with E-state index in [2.05, 4.69) is 255 Å². The zero-order chi connectivity index (χ0) is 44.4. The molecule has 6 aromatic carbocycles. The summed E-state index contributed by atoms with van der Waals surface area (Å²) in [5.41, 5.74) is 8.93. The summed E-state index contributed by atoms with van der Waals surface area (Å²) >= 11 is 0. The van der Waals surface area contributed by atoms with Crippen molar-refractivity contribution in [3.05, 3.63) is 191 Å². The van der Waals surface area contributed by atoms with Crippen molar-refractivity contribution in [2.45, 2.75) is 143 Å². The van der Waals surface area contributed by atoms with E-state index in [1.165, 1.54) is 54.6 Å². The molecule has 0 aliphatic carbocycles. The molecule has 2 heteroatoms. The second kappa shape index (κ2) is 18.5. The van der Waals surface area contributed by atoms with Crippen LogP contribution in [-0.2, 0) is 21.7 Å². The molecule has 0 amide bonds. The molecule has 6 rings (SSSR count). The lowest BCUT2D eigenvalue weighted by Gasteiger charge is -2.51. The second-order valence-corrected chi connectivity index (χ2v) is 26.4. The summed E-state index contributed by atoms with van der Waals surface area (Å²) in [4.78, 5) is 0. The van der Waals surface area contributed by atoms with Crippen molar-refractivity contribution in [3.8, 4) is 0 Å². The van der Waals surface area contributed by atoms with E-state index in [9.17, 15) is 0 Å². The fourth-order valence-electron chi connectivity index (χ4n) is 9.26. The number of rotatable bonds is 12. The van der Waals surface area contributed by atoms with Crippen LogP contribution < -0.4 is 21.2 Å². The maximum absolute atomic E-state index is 2.69. The van der Waals surface area contributed by atoms with E-state index < -0.39 is 15.8 Å². The predicted molar refractivity (Wildman–Crippen MR) is 274 cm³/mol. The van der Waals surface area contributed by atoms with Gasteiger partial charge in [0.25, 0.3) is 0 Å². The summed E-state index contributed by atoms with van der Waals surface area (Å²) in [6.07, 6.45) is 2.18. The van der Waals surface area contributed by atoms with Crippen LogP contribution in [0, 0.1) is 5.41 Å². The lowest BCUT2D eigenvalue weighted by Crippen LogP contribution is -2.37. The Kier molecular flexibility index (Phi) is 14.1. The Morgan fingerprint density at radius 2 is 0.557 bits per heavy atom. The van der Waals surface area contributed by atoms with Crippen LogP contribution in [0.1, 0.15) is 154 Å². The van der Waals surface area contributed by atoms with Crippen molar-refractivity contribution in [1.82, 2.24) is 0 Å². The van der Waals surface area contributed by atoms with Gasteiger partial charge < -0.3 is 0 Å². The zero-order valence-electron chi connectivity index (χ0n) is 40.0. The normalized spacial score (nSPS) is 14.8. The zero-order valence-corrected chi connectivity index (χ0v) is 41.8. The molecule has 0 saturated carbocycles. The molecule has 0 bridgehead atoms. The van der Waals surface area contributed by atoms with Gasteiger partial charge in [0.2, 0.25) is 0 Å². The quantitative estimate of drug-likeness (QED) is 0.108. The Morgan fingerprint density at radius 3 is 0.754 bits per heavy atom. The van der Waals surface area contributed by atoms with Crippen LogP contribution in [0.4, 0.5) is 0 Å². The van der Waals surface area contributed by atoms with E-state index >= 15 is 0 Å². The van der Waals surface area contributed by atoms with Crippen molar-refractivity contribution in [3.63, 3.8) is 0 Å². The maximum Gasteiger partial charge on any atom is 0.0185 e. The molecule has 0 N–H and O–H groups in total. The maximum atomic E-state index is 2.69. The standard InChI is InChI=1S/C59H74P2/c1-15-42-59(14,53(43-22-18-16-19-23-43)60(49-34-26-45(27-35-49)55(2,3)4)50-36-28-46(29-37-50)56(5,6)7)54(44-24-20-17-21-25-44)61(51-38-30-47(31-39-51)57(8,9)10)52-40-32-48(33-41-52)58(11,12)13/h16-41,53-54H,15,42H2,1-14H3. The Morgan fingerprint density at radius 1 is 0.328 bits per heavy atom. The van der Waals surface area contributed by atoms with Crippen LogP contribution in [0.2, 0.25) is 0 Å². The van der Waals surface area contributed by atoms with Crippen LogP contribution in [0.15, 0.2) is 158 Å². The summed E-state index contributed by atoms with van der Waals surface area (Å²) < 4.78 is 0. The van der Waals surface area contributed by atoms with Crippen LogP contribution in [0.25, 0.3) is 0 Å². The van der Waals surface area contributed by atoms with Gasteiger partial charge in [0.05, 0.1) is 0 Å². The lowest BCUT2D eigenvalue weighted by atomic mass is 9.74. The molecule has 0 saturated heterocycles. The van der Waals surface area contributed by atoms with E-state index in [-0.39, 0.29) is 38.4 Å². The third-order valence-corrected chi connectivity index (χ3v) is 19.1. The first-order valence-electron chi connectivity index (χ1n) is 22.7. The molecule has 0 aliphatic rings. The monoisotopic (exact) mass is 845 g/mol. The van der Waals surface area contributed by atoms with Crippen molar-refractivity contribution >= 4 is 37.1 Å². The van der Waals surface area contributed by atoms with Crippen LogP contribution >= 0.6 is 15.8 Å². The predicted octanol–water partition coefficient (Wildman–Crippen LogP) is 15.7. The Hall–Kier alpha value is -3.82. The summed E-state index contributed by atoms with van der Waals surface area (Å²) in [6.45, 7) is 33.1. The highest BCUT2D eigenvalue weighted by molar-refractivity contribution is 7.74. The van der Waals surface area contributed by atoms with Gasteiger partial charge in [-0.25, -0.2) is 0 Å². The molecule has 0 radical (unpaired) electrons. The molecule has 0 aliphatic heterocycles. The molecule has 320 valence electrons. The number of benzene rings is 6. The molecule has 61 heavy (non-hydrogen) atoms. The van der Waals surface area contributed by atoms with Gasteiger partial charge in [-0.15, -0.1) is 0 Å². The molecule has 0 spiro atoms. The van der Waals surface area contributed by atoms with Gasteiger partial charge in [0, 0.05) is 11.3 Å². The molecule has 6 aromatic rings. The lowest BCUT2D eigenvalue weighted by molar-refractivity contribution is 0.270. The molecule has 2 unspecified atom stereocenters. The molecule has 0 heterocycles. The summed E-state index contributed by atoms with van der Waals surface area (Å²) in [5, 5.41) is 5.79. The Labute approximate surface area is 374 Å². The van der Waals surface area contributed by atoms with Crippen molar-refractivity contribution in [1.29, 1.82) is 0 Å². The molecule has 0 fully saturated rings. The average molecular weight is 845 g/mol. The number of hydrogen-bond acceptors (Lipinski definition) is 0. The first kappa shape index (κ1) is 46.7. The highest BCUT2D eigenvalue weighted by atomic mass is 31.1. The third kappa shape index (κ3) is 10.7. The van der Waals surface area contributed by atoms with Crippen LogP contribution in [-0.4, -0.2) is 0 Å². The van der Waals surface area contributed by atoms with Crippen LogP contribution in [0.5, 0.6) is 0 Å². The largest absolute Gasteiger partial charge is 0.0654 e. The van der Waals surface area contributed by atoms with Gasteiger partial charge in [-0.1, -0.05) is 261 Å². The fourth-order valence-corrected chi connectivity index (χ4v) is 15.7. The van der Waals surface area contributed by atoms with Crippen LogP contribution in [0.3, 0.4) is 0 Å². The van der Waals surface area contributed by atoms with E-state index in [4.69, 9.17) is 0 Å². The minimum Gasteiger partial charge on any atom is -0.0654 e. The van der Waals surface area contributed by atoms with Gasteiger partial charge in [-0.3, -0.25) is 0 Å². The van der Waals surface area contributed by atoms with E-state index in [1.54, 1.807) is 0 Å². The van der Waals surface area contributed by atoms with E-state index in [0.717, 1.165) is 12.8 Å².